The molecule has 0 spiro atoms. The molecule has 7 nitrogen and oxygen atoms in total. The van der Waals surface area contributed by atoms with Crippen LogP contribution in [0.4, 0.5) is 4.39 Å². The van der Waals surface area contributed by atoms with E-state index in [0.29, 0.717) is 13.1 Å². The molecule has 1 aromatic carbocycles. The number of benzene rings is 1. The van der Waals surface area contributed by atoms with Crippen molar-refractivity contribution in [2.45, 2.75) is 9.92 Å². The van der Waals surface area contributed by atoms with Crippen LogP contribution < -0.4 is 0 Å². The van der Waals surface area contributed by atoms with Crippen LogP contribution in [-0.2, 0) is 14.8 Å². The topological polar surface area (TPSA) is 83.5 Å². The van der Waals surface area contributed by atoms with Gasteiger partial charge in [0.05, 0.1) is 20.9 Å². The Bertz CT molecular complexity index is 1140. The molecule has 2 aromatic heterocycles. The van der Waals surface area contributed by atoms with Crippen molar-refractivity contribution in [3.63, 3.8) is 0 Å². The van der Waals surface area contributed by atoms with Gasteiger partial charge in [-0.05, 0) is 29.6 Å². The summed E-state index contributed by atoms with van der Waals surface area (Å²) in [5, 5.41) is 2.70. The Kier molecular flexibility index (Phi) is 5.81. The maximum absolute atomic E-state index is 13.4. The first kappa shape index (κ1) is 20.2. The maximum Gasteiger partial charge on any atom is 0.243 e. The van der Waals surface area contributed by atoms with Crippen LogP contribution in [0.15, 0.2) is 52.0 Å². The second-order valence-corrected chi connectivity index (χ2v) is 10.2. The number of carbonyl (C=O) groups is 1. The van der Waals surface area contributed by atoms with Gasteiger partial charge in [-0.1, -0.05) is 17.8 Å². The number of hydrogen-bond acceptors (Lipinski definition) is 7. The Balaban J connectivity index is 1.35. The highest BCUT2D eigenvalue weighted by molar-refractivity contribution is 8.00. The summed E-state index contributed by atoms with van der Waals surface area (Å²) in [4.78, 5) is 22.6. The van der Waals surface area contributed by atoms with Crippen LogP contribution in [-0.4, -0.2) is 65.4 Å². The Morgan fingerprint density at radius 1 is 1.17 bits per heavy atom. The fourth-order valence-electron chi connectivity index (χ4n) is 3.04. The van der Waals surface area contributed by atoms with Gasteiger partial charge in [-0.25, -0.2) is 22.8 Å². The molecule has 29 heavy (non-hydrogen) atoms. The van der Waals surface area contributed by atoms with Crippen molar-refractivity contribution < 1.29 is 17.6 Å². The van der Waals surface area contributed by atoms with E-state index in [-0.39, 0.29) is 29.6 Å². The van der Waals surface area contributed by atoms with Crippen LogP contribution in [0.3, 0.4) is 0 Å². The van der Waals surface area contributed by atoms with Crippen molar-refractivity contribution in [3.05, 3.63) is 47.9 Å². The van der Waals surface area contributed by atoms with Crippen LogP contribution in [0.2, 0.25) is 0 Å². The van der Waals surface area contributed by atoms with E-state index in [2.05, 4.69) is 9.97 Å². The van der Waals surface area contributed by atoms with Gasteiger partial charge in [-0.15, -0.1) is 11.3 Å². The van der Waals surface area contributed by atoms with E-state index in [1.165, 1.54) is 51.9 Å². The van der Waals surface area contributed by atoms with Crippen LogP contribution in [0.1, 0.15) is 0 Å². The fourth-order valence-corrected chi connectivity index (χ4v) is 6.35. The second-order valence-electron chi connectivity index (χ2n) is 6.34. The minimum absolute atomic E-state index is 0.0684. The van der Waals surface area contributed by atoms with Gasteiger partial charge in [0.1, 0.15) is 17.2 Å². The summed E-state index contributed by atoms with van der Waals surface area (Å²) in [6.45, 7) is 0.952. The number of amides is 1. The molecule has 152 valence electrons. The van der Waals surface area contributed by atoms with Crippen LogP contribution in [0.25, 0.3) is 10.2 Å². The number of rotatable bonds is 5. The molecular weight excluding hydrogens is 435 g/mol. The van der Waals surface area contributed by atoms with Gasteiger partial charge in [0.2, 0.25) is 15.9 Å². The Morgan fingerprint density at radius 2 is 1.97 bits per heavy atom. The number of hydrogen-bond donors (Lipinski definition) is 0. The SMILES string of the molecule is O=C(CSc1ncnc2ccsc12)N1CCN(S(=O)(=O)c2cccc(F)c2)CC1. The number of fused-ring (bicyclic) bond motifs is 1. The molecule has 1 saturated heterocycles. The van der Waals surface area contributed by atoms with Gasteiger partial charge < -0.3 is 4.90 Å². The van der Waals surface area contributed by atoms with E-state index >= 15 is 0 Å². The molecule has 1 amide bonds. The lowest BCUT2D eigenvalue weighted by Gasteiger charge is -2.34. The standard InChI is InChI=1S/C18H17FN4O3S3/c19-13-2-1-3-14(10-13)29(25,26)23-7-5-22(6-8-23)16(24)11-28-18-17-15(4-9-27-17)20-12-21-18/h1-4,9-10,12H,5-8,11H2. The van der Waals surface area contributed by atoms with E-state index in [9.17, 15) is 17.6 Å². The number of sulfonamides is 1. The predicted molar refractivity (Wildman–Crippen MR) is 110 cm³/mol. The zero-order chi connectivity index (χ0) is 20.4. The van der Waals surface area contributed by atoms with Crippen molar-refractivity contribution in [1.82, 2.24) is 19.2 Å². The number of thiophene rings is 1. The van der Waals surface area contributed by atoms with Crippen LogP contribution in [0, 0.1) is 5.82 Å². The number of piperazine rings is 1. The highest BCUT2D eigenvalue weighted by Gasteiger charge is 2.30. The molecule has 11 heteroatoms. The molecule has 0 N–H and O–H groups in total. The monoisotopic (exact) mass is 452 g/mol. The molecule has 0 atom stereocenters. The van der Waals surface area contributed by atoms with E-state index in [1.807, 2.05) is 11.4 Å². The van der Waals surface area contributed by atoms with E-state index in [1.54, 1.807) is 4.90 Å². The molecule has 1 aliphatic rings. The lowest BCUT2D eigenvalue weighted by atomic mass is 10.3. The number of carbonyl (C=O) groups excluding carboxylic acids is 1. The molecule has 0 aliphatic carbocycles. The third-order valence-corrected chi connectivity index (χ3v) is 8.48. The van der Waals surface area contributed by atoms with Crippen molar-refractivity contribution in [3.8, 4) is 0 Å². The zero-order valence-corrected chi connectivity index (χ0v) is 17.6. The number of halogens is 1. The number of thioether (sulfide) groups is 1. The summed E-state index contributed by atoms with van der Waals surface area (Å²) >= 11 is 2.89. The van der Waals surface area contributed by atoms with Gasteiger partial charge in [-0.2, -0.15) is 4.31 Å². The number of nitrogens with zero attached hydrogens (tertiary/aromatic N) is 4. The third kappa shape index (κ3) is 4.27. The van der Waals surface area contributed by atoms with Gasteiger partial charge in [-0.3, -0.25) is 4.79 Å². The summed E-state index contributed by atoms with van der Waals surface area (Å²) in [6, 6.07) is 6.87. The lowest BCUT2D eigenvalue weighted by Crippen LogP contribution is -2.50. The van der Waals surface area contributed by atoms with Crippen molar-refractivity contribution in [2.24, 2.45) is 0 Å². The zero-order valence-electron chi connectivity index (χ0n) is 15.2. The van der Waals surface area contributed by atoms with Crippen LogP contribution in [0.5, 0.6) is 0 Å². The normalized spacial score (nSPS) is 15.7. The fraction of sp³-hybridized carbons (Fsp3) is 0.278. The summed E-state index contributed by atoms with van der Waals surface area (Å²) in [6.07, 6.45) is 1.48. The molecule has 1 aliphatic heterocycles. The minimum atomic E-state index is -3.77. The summed E-state index contributed by atoms with van der Waals surface area (Å²) < 4.78 is 41.0. The third-order valence-electron chi connectivity index (χ3n) is 4.57. The van der Waals surface area contributed by atoms with Crippen molar-refractivity contribution in [2.75, 3.05) is 31.9 Å². The maximum atomic E-state index is 13.4. The van der Waals surface area contributed by atoms with E-state index in [4.69, 9.17) is 0 Å². The van der Waals surface area contributed by atoms with Crippen LogP contribution >= 0.6 is 23.1 Å². The largest absolute Gasteiger partial charge is 0.339 e. The smallest absolute Gasteiger partial charge is 0.243 e. The van der Waals surface area contributed by atoms with Crippen molar-refractivity contribution in [1.29, 1.82) is 0 Å². The molecule has 0 saturated carbocycles. The first-order chi connectivity index (χ1) is 13.9. The average molecular weight is 453 g/mol. The summed E-state index contributed by atoms with van der Waals surface area (Å²) in [5.74, 6) is -0.441. The quantitative estimate of drug-likeness (QED) is 0.437. The molecule has 3 heterocycles. The molecule has 0 radical (unpaired) electrons. The Labute approximate surface area is 175 Å². The van der Waals surface area contributed by atoms with Gasteiger partial charge >= 0.3 is 0 Å². The first-order valence-electron chi connectivity index (χ1n) is 8.79. The molecule has 0 unspecified atom stereocenters. The predicted octanol–water partition coefficient (Wildman–Crippen LogP) is 2.46. The minimum Gasteiger partial charge on any atom is -0.339 e. The summed E-state index contributed by atoms with van der Waals surface area (Å²) in [7, 11) is -3.77. The molecule has 3 aromatic rings. The highest BCUT2D eigenvalue weighted by Crippen LogP contribution is 2.29. The average Bonchev–Trinajstić information content (AvgIpc) is 3.21. The van der Waals surface area contributed by atoms with Gasteiger partial charge in [0.25, 0.3) is 0 Å². The van der Waals surface area contributed by atoms with Gasteiger partial charge in [0, 0.05) is 26.2 Å². The highest BCUT2D eigenvalue weighted by atomic mass is 32.2. The molecule has 4 rings (SSSR count). The molecular formula is C18H17FN4O3S3. The molecule has 1 fully saturated rings. The second kappa shape index (κ2) is 8.34. The first-order valence-corrected chi connectivity index (χ1v) is 12.1. The molecule has 0 bridgehead atoms. The Hall–Kier alpha value is -2.08. The van der Waals surface area contributed by atoms with E-state index in [0.717, 1.165) is 21.3 Å². The van der Waals surface area contributed by atoms with E-state index < -0.39 is 15.8 Å². The lowest BCUT2D eigenvalue weighted by molar-refractivity contribution is -0.129. The number of aromatic nitrogens is 2. The Morgan fingerprint density at radius 3 is 2.72 bits per heavy atom. The van der Waals surface area contributed by atoms with Gasteiger partial charge in [0.15, 0.2) is 0 Å². The van der Waals surface area contributed by atoms with Crippen molar-refractivity contribution >= 4 is 49.2 Å². The summed E-state index contributed by atoms with van der Waals surface area (Å²) in [5.41, 5.74) is 0.858.